The highest BCUT2D eigenvalue weighted by molar-refractivity contribution is 6.09. The SMILES string of the molecule is Cc1cc(-n2c(C(C)C)c(N3CCOCC3=O)c3cc(N)c(C=N)cc32)ccc1F. The van der Waals surface area contributed by atoms with Gasteiger partial charge in [-0.25, -0.2) is 4.39 Å². The summed E-state index contributed by atoms with van der Waals surface area (Å²) in [6.45, 7) is 6.81. The molecule has 0 bridgehead atoms. The summed E-state index contributed by atoms with van der Waals surface area (Å²) >= 11 is 0. The average molecular weight is 408 g/mol. The van der Waals surface area contributed by atoms with E-state index in [4.69, 9.17) is 15.9 Å². The van der Waals surface area contributed by atoms with Crippen LogP contribution in [0.1, 0.15) is 36.6 Å². The quantitative estimate of drug-likeness (QED) is 0.503. The Morgan fingerprint density at radius 1 is 1.27 bits per heavy atom. The lowest BCUT2D eigenvalue weighted by molar-refractivity contribution is -0.125. The Hall–Kier alpha value is -3.19. The van der Waals surface area contributed by atoms with Crippen molar-refractivity contribution in [1.29, 1.82) is 5.41 Å². The number of benzene rings is 2. The molecule has 3 aromatic rings. The fourth-order valence-electron chi connectivity index (χ4n) is 4.11. The van der Waals surface area contributed by atoms with Crippen LogP contribution in [-0.4, -0.2) is 36.4 Å². The average Bonchev–Trinajstić information content (AvgIpc) is 3.03. The van der Waals surface area contributed by atoms with Gasteiger partial charge in [0.25, 0.3) is 5.91 Å². The van der Waals surface area contributed by atoms with Crippen molar-refractivity contribution in [2.24, 2.45) is 0 Å². The molecular weight excluding hydrogens is 383 g/mol. The van der Waals surface area contributed by atoms with Gasteiger partial charge in [0.15, 0.2) is 0 Å². The highest BCUT2D eigenvalue weighted by Crippen LogP contribution is 2.42. The van der Waals surface area contributed by atoms with Crippen LogP contribution in [0, 0.1) is 18.2 Å². The van der Waals surface area contributed by atoms with Gasteiger partial charge < -0.3 is 25.3 Å². The summed E-state index contributed by atoms with van der Waals surface area (Å²) in [6, 6.07) is 8.67. The van der Waals surface area contributed by atoms with Crippen molar-refractivity contribution >= 4 is 34.4 Å². The van der Waals surface area contributed by atoms with Crippen molar-refractivity contribution in [1.82, 2.24) is 4.57 Å². The molecule has 4 rings (SSSR count). The van der Waals surface area contributed by atoms with Crippen molar-refractivity contribution in [2.75, 3.05) is 30.4 Å². The first-order chi connectivity index (χ1) is 14.3. The maximum Gasteiger partial charge on any atom is 0.253 e. The Labute approximate surface area is 174 Å². The Balaban J connectivity index is 2.13. The molecule has 1 amide bonds. The number of amides is 1. The molecule has 2 heterocycles. The van der Waals surface area contributed by atoms with Gasteiger partial charge in [-0.05, 0) is 48.7 Å². The molecule has 1 saturated heterocycles. The van der Waals surface area contributed by atoms with Crippen molar-refractivity contribution in [3.8, 4) is 5.69 Å². The number of hydrogen-bond acceptors (Lipinski definition) is 4. The van der Waals surface area contributed by atoms with Gasteiger partial charge in [-0.1, -0.05) is 13.8 Å². The van der Waals surface area contributed by atoms with Crippen LogP contribution in [0.4, 0.5) is 15.8 Å². The Morgan fingerprint density at radius 2 is 2.03 bits per heavy atom. The van der Waals surface area contributed by atoms with Crippen LogP contribution in [0.2, 0.25) is 0 Å². The number of nitrogens with one attached hydrogen (secondary N) is 1. The number of halogens is 1. The zero-order chi connectivity index (χ0) is 21.6. The molecule has 1 aromatic heterocycles. The van der Waals surface area contributed by atoms with Gasteiger partial charge >= 0.3 is 0 Å². The number of ether oxygens (including phenoxy) is 1. The molecule has 1 aliphatic heterocycles. The first kappa shape index (κ1) is 20.1. The number of nitrogen functional groups attached to an aromatic ring is 1. The van der Waals surface area contributed by atoms with Crippen molar-refractivity contribution in [2.45, 2.75) is 26.7 Å². The van der Waals surface area contributed by atoms with Gasteiger partial charge in [0, 0.05) is 35.1 Å². The third-order valence-corrected chi connectivity index (χ3v) is 5.54. The number of hydrogen-bond donors (Lipinski definition) is 2. The van der Waals surface area contributed by atoms with Crippen LogP contribution in [0.15, 0.2) is 30.3 Å². The maximum absolute atomic E-state index is 14.0. The van der Waals surface area contributed by atoms with Gasteiger partial charge in [-0.15, -0.1) is 0 Å². The third-order valence-electron chi connectivity index (χ3n) is 5.54. The van der Waals surface area contributed by atoms with E-state index in [0.29, 0.717) is 30.0 Å². The molecule has 0 spiro atoms. The normalized spacial score (nSPS) is 14.7. The third kappa shape index (κ3) is 3.15. The van der Waals surface area contributed by atoms with E-state index < -0.39 is 0 Å². The number of rotatable bonds is 4. The molecular formula is C23H25FN4O2. The second-order valence-electron chi connectivity index (χ2n) is 7.90. The first-order valence-corrected chi connectivity index (χ1v) is 9.96. The van der Waals surface area contributed by atoms with Crippen molar-refractivity contribution in [3.63, 3.8) is 0 Å². The lowest BCUT2D eigenvalue weighted by Crippen LogP contribution is -2.42. The smallest absolute Gasteiger partial charge is 0.253 e. The second kappa shape index (κ2) is 7.57. The van der Waals surface area contributed by atoms with Gasteiger partial charge in [0.2, 0.25) is 0 Å². The van der Waals surface area contributed by atoms with Crippen molar-refractivity contribution < 1.29 is 13.9 Å². The predicted octanol–water partition coefficient (Wildman–Crippen LogP) is 4.14. The number of fused-ring (bicyclic) bond motifs is 1. The molecule has 7 heteroatoms. The van der Waals surface area contributed by atoms with Crippen LogP contribution in [0.5, 0.6) is 0 Å². The van der Waals surface area contributed by atoms with E-state index >= 15 is 0 Å². The minimum absolute atomic E-state index is 0.0356. The standard InChI is InChI=1S/C23H25FN4O2/c1-13(2)22-23(27-6-7-30-12-21(27)29)17-10-19(26)15(11-25)9-20(17)28(22)16-4-5-18(24)14(3)8-16/h4-5,8-11,13,25H,6-7,12,26H2,1-3H3. The fourth-order valence-corrected chi connectivity index (χ4v) is 4.11. The summed E-state index contributed by atoms with van der Waals surface area (Å²) < 4.78 is 21.4. The summed E-state index contributed by atoms with van der Waals surface area (Å²) in [5, 5.41) is 8.56. The van der Waals surface area contributed by atoms with Crippen LogP contribution in [0.25, 0.3) is 16.6 Å². The monoisotopic (exact) mass is 408 g/mol. The van der Waals surface area contributed by atoms with Crippen LogP contribution < -0.4 is 10.6 Å². The number of carbonyl (C=O) groups is 1. The van der Waals surface area contributed by atoms with Crippen LogP contribution in [0.3, 0.4) is 0 Å². The predicted molar refractivity (Wildman–Crippen MR) is 118 cm³/mol. The molecule has 0 saturated carbocycles. The highest BCUT2D eigenvalue weighted by atomic mass is 19.1. The second-order valence-corrected chi connectivity index (χ2v) is 7.90. The molecule has 0 aliphatic carbocycles. The van der Waals surface area contributed by atoms with Crippen LogP contribution >= 0.6 is 0 Å². The zero-order valence-corrected chi connectivity index (χ0v) is 17.3. The van der Waals surface area contributed by atoms with Gasteiger partial charge in [0.1, 0.15) is 12.4 Å². The van der Waals surface area contributed by atoms with E-state index in [9.17, 15) is 9.18 Å². The number of carbonyl (C=O) groups excluding carboxylic acids is 1. The number of aromatic nitrogens is 1. The van der Waals surface area contributed by atoms with Gasteiger partial charge in [-0.3, -0.25) is 4.79 Å². The van der Waals surface area contributed by atoms with Crippen LogP contribution in [-0.2, 0) is 9.53 Å². The minimum atomic E-state index is -0.269. The first-order valence-electron chi connectivity index (χ1n) is 9.96. The van der Waals surface area contributed by atoms with Crippen molar-refractivity contribution in [3.05, 3.63) is 53.0 Å². The fraction of sp³-hybridized carbons (Fsp3) is 0.304. The number of aryl methyl sites for hydroxylation is 1. The molecule has 30 heavy (non-hydrogen) atoms. The molecule has 6 nitrogen and oxygen atoms in total. The Kier molecular flexibility index (Phi) is 5.07. The summed E-state index contributed by atoms with van der Waals surface area (Å²) in [7, 11) is 0. The molecule has 1 fully saturated rings. The topological polar surface area (TPSA) is 84.3 Å². The minimum Gasteiger partial charge on any atom is -0.398 e. The Bertz CT molecular complexity index is 1170. The van der Waals surface area contributed by atoms with E-state index in [2.05, 4.69) is 18.4 Å². The van der Waals surface area contributed by atoms with Gasteiger partial charge in [-0.2, -0.15) is 0 Å². The lowest BCUT2D eigenvalue weighted by Gasteiger charge is -2.29. The number of nitrogens with zero attached hydrogens (tertiary/aromatic N) is 2. The maximum atomic E-state index is 14.0. The summed E-state index contributed by atoms with van der Waals surface area (Å²) in [5.41, 5.74) is 11.2. The van der Waals surface area contributed by atoms with E-state index in [1.165, 1.54) is 12.3 Å². The van der Waals surface area contributed by atoms with E-state index in [1.807, 2.05) is 12.1 Å². The number of anilines is 2. The lowest BCUT2D eigenvalue weighted by atomic mass is 10.0. The molecule has 156 valence electrons. The molecule has 2 aromatic carbocycles. The molecule has 3 N–H and O–H groups in total. The number of morpholine rings is 1. The number of nitrogens with two attached hydrogens (primary N) is 1. The molecule has 0 unspecified atom stereocenters. The largest absolute Gasteiger partial charge is 0.398 e. The van der Waals surface area contributed by atoms with Gasteiger partial charge in [0.05, 0.1) is 23.5 Å². The van der Waals surface area contributed by atoms with E-state index in [-0.39, 0.29) is 24.2 Å². The summed E-state index contributed by atoms with van der Waals surface area (Å²) in [6.07, 6.45) is 1.22. The zero-order valence-electron chi connectivity index (χ0n) is 17.3. The Morgan fingerprint density at radius 3 is 2.67 bits per heavy atom. The molecule has 1 aliphatic rings. The highest BCUT2D eigenvalue weighted by Gasteiger charge is 2.30. The summed E-state index contributed by atoms with van der Waals surface area (Å²) in [4.78, 5) is 14.5. The summed E-state index contributed by atoms with van der Waals surface area (Å²) in [5.74, 6) is -0.306. The molecule has 0 atom stereocenters. The molecule has 0 radical (unpaired) electrons. The van der Waals surface area contributed by atoms with E-state index in [1.54, 1.807) is 24.0 Å². The van der Waals surface area contributed by atoms with E-state index in [0.717, 1.165) is 28.0 Å².